The molecular formula is C14H22N4O3S. The first-order chi connectivity index (χ1) is 10.4. The maximum absolute atomic E-state index is 12.5. The molecule has 2 aliphatic heterocycles. The Labute approximate surface area is 130 Å². The van der Waals surface area contributed by atoms with Crippen molar-refractivity contribution in [1.29, 1.82) is 0 Å². The van der Waals surface area contributed by atoms with E-state index in [1.54, 1.807) is 17.8 Å². The number of hydrogen-bond donors (Lipinski definition) is 0. The normalized spacial score (nSPS) is 25.5. The summed E-state index contributed by atoms with van der Waals surface area (Å²) in [4.78, 5) is 16.6. The lowest BCUT2D eigenvalue weighted by atomic mass is 10.2. The van der Waals surface area contributed by atoms with Crippen molar-refractivity contribution in [3.63, 3.8) is 0 Å². The fourth-order valence-corrected chi connectivity index (χ4v) is 5.09. The topological polar surface area (TPSA) is 75.5 Å². The first-order valence-corrected chi connectivity index (χ1v) is 9.42. The molecule has 2 fully saturated rings. The van der Waals surface area contributed by atoms with E-state index >= 15 is 0 Å². The fourth-order valence-electron chi connectivity index (χ4n) is 3.33. The summed E-state index contributed by atoms with van der Waals surface area (Å²) in [6.07, 6.45) is 0.719. The average Bonchev–Trinajstić information content (AvgIpc) is 3.00. The van der Waals surface area contributed by atoms with Crippen molar-refractivity contribution >= 4 is 15.7 Å². The Morgan fingerprint density at radius 1 is 1.27 bits per heavy atom. The van der Waals surface area contributed by atoms with Gasteiger partial charge in [0.2, 0.25) is 0 Å². The second-order valence-corrected chi connectivity index (χ2v) is 8.41. The zero-order chi connectivity index (χ0) is 15.9. The molecule has 0 spiro atoms. The van der Waals surface area contributed by atoms with E-state index in [4.69, 9.17) is 0 Å². The second-order valence-electron chi connectivity index (χ2n) is 6.18. The number of aromatic nitrogens is 2. The zero-order valence-corrected chi connectivity index (χ0v) is 13.8. The standard InChI is InChI=1S/C14H22N4O3S/c1-11-9-13(16(2)15-11)14(19)18-6-4-17(5-7-18)12-3-8-22(20,21)10-12/h9,12H,3-8,10H2,1-2H3/t12-/m1/s1. The highest BCUT2D eigenvalue weighted by Gasteiger charge is 2.34. The number of carbonyl (C=O) groups is 1. The summed E-state index contributed by atoms with van der Waals surface area (Å²) in [5, 5.41) is 4.21. The summed E-state index contributed by atoms with van der Waals surface area (Å²) in [5.41, 5.74) is 1.44. The number of rotatable bonds is 2. The van der Waals surface area contributed by atoms with E-state index in [-0.39, 0.29) is 17.7 Å². The van der Waals surface area contributed by atoms with Crippen LogP contribution in [0.3, 0.4) is 0 Å². The quantitative estimate of drug-likeness (QED) is 0.744. The van der Waals surface area contributed by atoms with Crippen molar-refractivity contribution in [2.45, 2.75) is 19.4 Å². The van der Waals surface area contributed by atoms with Crippen LogP contribution in [0.5, 0.6) is 0 Å². The van der Waals surface area contributed by atoms with Crippen LogP contribution in [0, 0.1) is 6.92 Å². The molecule has 1 aromatic heterocycles. The second kappa shape index (κ2) is 5.66. The van der Waals surface area contributed by atoms with Gasteiger partial charge < -0.3 is 4.90 Å². The van der Waals surface area contributed by atoms with E-state index in [2.05, 4.69) is 10.00 Å². The summed E-state index contributed by atoms with van der Waals surface area (Å²) >= 11 is 0. The minimum atomic E-state index is -2.85. The molecule has 2 saturated heterocycles. The van der Waals surface area contributed by atoms with Crippen molar-refractivity contribution in [3.8, 4) is 0 Å². The fraction of sp³-hybridized carbons (Fsp3) is 0.714. The first kappa shape index (κ1) is 15.5. The molecule has 0 unspecified atom stereocenters. The Morgan fingerprint density at radius 3 is 2.45 bits per heavy atom. The van der Waals surface area contributed by atoms with E-state index < -0.39 is 9.84 Å². The molecule has 0 radical (unpaired) electrons. The molecule has 2 aliphatic rings. The monoisotopic (exact) mass is 326 g/mol. The van der Waals surface area contributed by atoms with Crippen LogP contribution < -0.4 is 0 Å². The van der Waals surface area contributed by atoms with Crippen molar-refractivity contribution in [1.82, 2.24) is 19.6 Å². The SMILES string of the molecule is Cc1cc(C(=O)N2CCN([C@@H]3CCS(=O)(=O)C3)CC2)n(C)n1. The molecule has 0 N–H and O–H groups in total. The summed E-state index contributed by atoms with van der Waals surface area (Å²) in [5.74, 6) is 0.564. The van der Waals surface area contributed by atoms with Crippen molar-refractivity contribution in [3.05, 3.63) is 17.5 Å². The third-order valence-corrected chi connectivity index (χ3v) is 6.30. The predicted octanol–water partition coefficient (Wildman–Crippen LogP) is -0.327. The van der Waals surface area contributed by atoms with Crippen LogP contribution in [0.15, 0.2) is 6.07 Å². The van der Waals surface area contributed by atoms with Crippen LogP contribution in [0.4, 0.5) is 0 Å². The van der Waals surface area contributed by atoms with Gasteiger partial charge in [-0.25, -0.2) is 8.42 Å². The molecule has 3 rings (SSSR count). The third-order valence-electron chi connectivity index (χ3n) is 4.55. The summed E-state index contributed by atoms with van der Waals surface area (Å²) in [6.45, 7) is 4.62. The molecular weight excluding hydrogens is 304 g/mol. The lowest BCUT2D eigenvalue weighted by Crippen LogP contribution is -2.52. The Balaban J connectivity index is 1.60. The highest BCUT2D eigenvalue weighted by Crippen LogP contribution is 2.20. The molecule has 0 bridgehead atoms. The van der Waals surface area contributed by atoms with E-state index in [1.165, 1.54) is 0 Å². The zero-order valence-electron chi connectivity index (χ0n) is 13.0. The Bertz CT molecular complexity index is 674. The maximum atomic E-state index is 12.5. The predicted molar refractivity (Wildman–Crippen MR) is 82.5 cm³/mol. The van der Waals surface area contributed by atoms with Gasteiger partial charge in [-0.05, 0) is 19.4 Å². The van der Waals surface area contributed by atoms with Crippen LogP contribution >= 0.6 is 0 Å². The van der Waals surface area contributed by atoms with E-state index in [0.29, 0.717) is 24.5 Å². The molecule has 1 atom stereocenters. The summed E-state index contributed by atoms with van der Waals surface area (Å²) in [6, 6.07) is 1.93. The minimum Gasteiger partial charge on any atom is -0.335 e. The maximum Gasteiger partial charge on any atom is 0.272 e. The molecule has 122 valence electrons. The molecule has 1 aromatic rings. The number of piperazine rings is 1. The number of aryl methyl sites for hydroxylation is 2. The Kier molecular flexibility index (Phi) is 3.98. The van der Waals surface area contributed by atoms with Gasteiger partial charge in [-0.1, -0.05) is 0 Å². The Morgan fingerprint density at radius 2 is 1.95 bits per heavy atom. The lowest BCUT2D eigenvalue weighted by molar-refractivity contribution is 0.0577. The third kappa shape index (κ3) is 3.03. The van der Waals surface area contributed by atoms with Gasteiger partial charge in [-0.2, -0.15) is 5.10 Å². The van der Waals surface area contributed by atoms with Crippen LogP contribution in [0.25, 0.3) is 0 Å². The Hall–Kier alpha value is -1.41. The highest BCUT2D eigenvalue weighted by atomic mass is 32.2. The smallest absolute Gasteiger partial charge is 0.272 e. The van der Waals surface area contributed by atoms with Crippen LogP contribution in [0.2, 0.25) is 0 Å². The van der Waals surface area contributed by atoms with E-state index in [0.717, 1.165) is 25.2 Å². The van der Waals surface area contributed by atoms with Gasteiger partial charge in [0.05, 0.1) is 17.2 Å². The molecule has 0 saturated carbocycles. The van der Waals surface area contributed by atoms with Gasteiger partial charge in [0.25, 0.3) is 5.91 Å². The number of hydrogen-bond acceptors (Lipinski definition) is 5. The molecule has 8 heteroatoms. The number of amides is 1. The van der Waals surface area contributed by atoms with Crippen molar-refractivity contribution < 1.29 is 13.2 Å². The van der Waals surface area contributed by atoms with Gasteiger partial charge in [-0.15, -0.1) is 0 Å². The number of sulfone groups is 1. The van der Waals surface area contributed by atoms with Crippen LogP contribution in [-0.4, -0.2) is 77.6 Å². The molecule has 0 aromatic carbocycles. The van der Waals surface area contributed by atoms with Crippen molar-refractivity contribution in [2.24, 2.45) is 7.05 Å². The molecule has 22 heavy (non-hydrogen) atoms. The minimum absolute atomic E-state index is 0.00166. The van der Waals surface area contributed by atoms with E-state index in [9.17, 15) is 13.2 Å². The highest BCUT2D eigenvalue weighted by molar-refractivity contribution is 7.91. The largest absolute Gasteiger partial charge is 0.335 e. The first-order valence-electron chi connectivity index (χ1n) is 7.60. The molecule has 7 nitrogen and oxygen atoms in total. The number of nitrogens with zero attached hydrogens (tertiary/aromatic N) is 4. The van der Waals surface area contributed by atoms with Gasteiger partial charge in [0, 0.05) is 39.3 Å². The summed E-state index contributed by atoms with van der Waals surface area (Å²) < 4.78 is 24.8. The lowest BCUT2D eigenvalue weighted by Gasteiger charge is -2.37. The molecule has 1 amide bonds. The summed E-state index contributed by atoms with van der Waals surface area (Å²) in [7, 11) is -1.08. The van der Waals surface area contributed by atoms with Crippen LogP contribution in [0.1, 0.15) is 22.6 Å². The van der Waals surface area contributed by atoms with Crippen LogP contribution in [-0.2, 0) is 16.9 Å². The van der Waals surface area contributed by atoms with Gasteiger partial charge in [0.1, 0.15) is 5.69 Å². The number of carbonyl (C=O) groups excluding carboxylic acids is 1. The molecule has 0 aliphatic carbocycles. The molecule has 3 heterocycles. The van der Waals surface area contributed by atoms with E-state index in [1.807, 2.05) is 11.8 Å². The van der Waals surface area contributed by atoms with Gasteiger partial charge in [-0.3, -0.25) is 14.4 Å². The van der Waals surface area contributed by atoms with Gasteiger partial charge in [0.15, 0.2) is 9.84 Å². The average molecular weight is 326 g/mol. The van der Waals surface area contributed by atoms with Gasteiger partial charge >= 0.3 is 0 Å². The van der Waals surface area contributed by atoms with Crippen molar-refractivity contribution in [2.75, 3.05) is 37.7 Å².